The number of rotatable bonds is 5. The molecule has 2 aromatic rings. The van der Waals surface area contributed by atoms with Gasteiger partial charge in [-0.25, -0.2) is 4.79 Å². The first-order valence-electron chi connectivity index (χ1n) is 7.32. The molecule has 0 bridgehead atoms. The van der Waals surface area contributed by atoms with E-state index in [0.717, 1.165) is 12.1 Å². The van der Waals surface area contributed by atoms with Gasteiger partial charge in [-0.1, -0.05) is 24.3 Å². The van der Waals surface area contributed by atoms with E-state index in [2.05, 4.69) is 10.6 Å². The fourth-order valence-corrected chi connectivity index (χ4v) is 2.12. The zero-order valence-corrected chi connectivity index (χ0v) is 13.1. The molecule has 0 aromatic heterocycles. The molecule has 5 nitrogen and oxygen atoms in total. The third kappa shape index (κ3) is 5.52. The van der Waals surface area contributed by atoms with E-state index in [4.69, 9.17) is 5.73 Å². The third-order valence-corrected chi connectivity index (χ3v) is 3.37. The van der Waals surface area contributed by atoms with Crippen molar-refractivity contribution >= 4 is 11.9 Å². The summed E-state index contributed by atoms with van der Waals surface area (Å²) in [6, 6.07) is 10.6. The van der Waals surface area contributed by atoms with Gasteiger partial charge in [0.15, 0.2) is 0 Å². The molecule has 0 saturated heterocycles. The lowest BCUT2D eigenvalue weighted by molar-refractivity contribution is -0.137. The smallest absolute Gasteiger partial charge is 0.366 e. The van der Waals surface area contributed by atoms with Crippen LogP contribution in [-0.2, 0) is 19.3 Å². The van der Waals surface area contributed by atoms with Crippen molar-refractivity contribution in [1.82, 2.24) is 10.6 Å². The number of carbonyl (C=O) groups excluding carboxylic acids is 2. The molecule has 0 aliphatic heterocycles. The average Bonchev–Trinajstić information content (AvgIpc) is 2.58. The van der Waals surface area contributed by atoms with Crippen molar-refractivity contribution in [3.8, 4) is 0 Å². The van der Waals surface area contributed by atoms with Gasteiger partial charge in [0.1, 0.15) is 0 Å². The van der Waals surface area contributed by atoms with E-state index in [-0.39, 0.29) is 13.1 Å². The lowest BCUT2D eigenvalue weighted by Gasteiger charge is -2.10. The molecule has 4 N–H and O–H groups in total. The van der Waals surface area contributed by atoms with Crippen molar-refractivity contribution < 1.29 is 22.8 Å². The Morgan fingerprint density at radius 2 is 1.48 bits per heavy atom. The number of benzene rings is 2. The van der Waals surface area contributed by atoms with Gasteiger partial charge in [-0.3, -0.25) is 4.79 Å². The van der Waals surface area contributed by atoms with Gasteiger partial charge in [0.25, 0.3) is 0 Å². The topological polar surface area (TPSA) is 84.2 Å². The number of hydrogen-bond acceptors (Lipinski definition) is 2. The van der Waals surface area contributed by atoms with Crippen molar-refractivity contribution in [2.75, 3.05) is 0 Å². The van der Waals surface area contributed by atoms with Gasteiger partial charge in [0.05, 0.1) is 5.56 Å². The Morgan fingerprint density at radius 1 is 0.920 bits per heavy atom. The molecule has 0 aliphatic carbocycles. The standard InChI is InChI=1S/C17H16F3N3O2/c18-17(19,20)14-6-2-4-12(8-14)10-23-16(25)22-9-11-3-1-5-13(7-11)15(21)24/h1-8H,9-10H2,(H2,21,24)(H2,22,23,25). The van der Waals surface area contributed by atoms with E-state index in [1.807, 2.05) is 0 Å². The van der Waals surface area contributed by atoms with E-state index < -0.39 is 23.7 Å². The van der Waals surface area contributed by atoms with Crippen molar-refractivity contribution in [3.05, 3.63) is 70.8 Å². The summed E-state index contributed by atoms with van der Waals surface area (Å²) in [5.41, 5.74) is 5.74. The highest BCUT2D eigenvalue weighted by Crippen LogP contribution is 2.29. The number of urea groups is 1. The average molecular weight is 351 g/mol. The molecule has 2 aromatic carbocycles. The van der Waals surface area contributed by atoms with E-state index in [1.165, 1.54) is 12.1 Å². The lowest BCUT2D eigenvalue weighted by Crippen LogP contribution is -2.34. The molecule has 0 atom stereocenters. The monoisotopic (exact) mass is 351 g/mol. The van der Waals surface area contributed by atoms with Crippen LogP contribution in [0.25, 0.3) is 0 Å². The lowest BCUT2D eigenvalue weighted by atomic mass is 10.1. The minimum atomic E-state index is -4.43. The van der Waals surface area contributed by atoms with Gasteiger partial charge < -0.3 is 16.4 Å². The number of primary amides is 1. The van der Waals surface area contributed by atoms with Gasteiger partial charge in [-0.05, 0) is 35.4 Å². The Kier molecular flexibility index (Phi) is 5.63. The Bertz CT molecular complexity index is 776. The van der Waals surface area contributed by atoms with Crippen molar-refractivity contribution in [3.63, 3.8) is 0 Å². The van der Waals surface area contributed by atoms with Crippen LogP contribution in [-0.4, -0.2) is 11.9 Å². The molecule has 2 rings (SSSR count). The van der Waals surface area contributed by atoms with Gasteiger partial charge in [0, 0.05) is 18.7 Å². The summed E-state index contributed by atoms with van der Waals surface area (Å²) in [7, 11) is 0. The second kappa shape index (κ2) is 7.69. The molecule has 0 radical (unpaired) electrons. The maximum atomic E-state index is 12.6. The summed E-state index contributed by atoms with van der Waals surface area (Å²) in [4.78, 5) is 22.8. The molecule has 0 heterocycles. The van der Waals surface area contributed by atoms with Crippen molar-refractivity contribution in [2.45, 2.75) is 19.3 Å². The Morgan fingerprint density at radius 3 is 2.04 bits per heavy atom. The van der Waals surface area contributed by atoms with Crippen LogP contribution < -0.4 is 16.4 Å². The molecule has 0 saturated carbocycles. The van der Waals surface area contributed by atoms with Crippen LogP contribution in [0.5, 0.6) is 0 Å². The van der Waals surface area contributed by atoms with Gasteiger partial charge in [-0.15, -0.1) is 0 Å². The minimum Gasteiger partial charge on any atom is -0.366 e. The number of amides is 3. The molecule has 0 unspecified atom stereocenters. The summed E-state index contributed by atoms with van der Waals surface area (Å²) < 4.78 is 37.9. The summed E-state index contributed by atoms with van der Waals surface area (Å²) in [5, 5.41) is 5.03. The molecular formula is C17H16F3N3O2. The molecule has 25 heavy (non-hydrogen) atoms. The Hall–Kier alpha value is -3.03. The predicted molar refractivity (Wildman–Crippen MR) is 85.5 cm³/mol. The summed E-state index contributed by atoms with van der Waals surface area (Å²) in [5.74, 6) is -0.573. The second-order valence-electron chi connectivity index (χ2n) is 5.30. The van der Waals surface area contributed by atoms with Crippen LogP contribution >= 0.6 is 0 Å². The first-order chi connectivity index (χ1) is 11.8. The first-order valence-corrected chi connectivity index (χ1v) is 7.32. The second-order valence-corrected chi connectivity index (χ2v) is 5.30. The Balaban J connectivity index is 1.87. The fourth-order valence-electron chi connectivity index (χ4n) is 2.12. The summed E-state index contributed by atoms with van der Waals surface area (Å²) in [6.45, 7) is 0.104. The zero-order valence-electron chi connectivity index (χ0n) is 13.1. The number of hydrogen-bond donors (Lipinski definition) is 3. The van der Waals surface area contributed by atoms with E-state index in [1.54, 1.807) is 24.3 Å². The molecule has 0 spiro atoms. The normalized spacial score (nSPS) is 11.0. The minimum absolute atomic E-state index is 0.0446. The first kappa shape index (κ1) is 18.3. The fraction of sp³-hybridized carbons (Fsp3) is 0.176. The van der Waals surface area contributed by atoms with Crippen molar-refractivity contribution in [2.24, 2.45) is 5.73 Å². The number of carbonyl (C=O) groups is 2. The number of halogens is 3. The predicted octanol–water partition coefficient (Wildman–Crippen LogP) is 2.80. The highest BCUT2D eigenvalue weighted by molar-refractivity contribution is 5.92. The molecule has 3 amide bonds. The van der Waals surface area contributed by atoms with Crippen LogP contribution in [0.2, 0.25) is 0 Å². The van der Waals surface area contributed by atoms with Crippen LogP contribution in [0.15, 0.2) is 48.5 Å². The zero-order chi connectivity index (χ0) is 18.4. The van der Waals surface area contributed by atoms with Gasteiger partial charge in [0.2, 0.25) is 5.91 Å². The van der Waals surface area contributed by atoms with E-state index in [0.29, 0.717) is 16.7 Å². The third-order valence-electron chi connectivity index (χ3n) is 3.37. The van der Waals surface area contributed by atoms with E-state index in [9.17, 15) is 22.8 Å². The van der Waals surface area contributed by atoms with E-state index >= 15 is 0 Å². The van der Waals surface area contributed by atoms with Crippen LogP contribution in [0.1, 0.15) is 27.0 Å². The molecule has 0 fully saturated rings. The van der Waals surface area contributed by atoms with Gasteiger partial charge >= 0.3 is 12.2 Å². The molecule has 0 aliphatic rings. The number of nitrogens with one attached hydrogen (secondary N) is 2. The highest BCUT2D eigenvalue weighted by Gasteiger charge is 2.30. The van der Waals surface area contributed by atoms with Crippen LogP contribution in [0.3, 0.4) is 0 Å². The van der Waals surface area contributed by atoms with Crippen LogP contribution in [0.4, 0.5) is 18.0 Å². The summed E-state index contributed by atoms with van der Waals surface area (Å²) in [6.07, 6.45) is -4.43. The van der Waals surface area contributed by atoms with Gasteiger partial charge in [-0.2, -0.15) is 13.2 Å². The largest absolute Gasteiger partial charge is 0.416 e. The Labute approximate surface area is 142 Å². The van der Waals surface area contributed by atoms with Crippen molar-refractivity contribution in [1.29, 1.82) is 0 Å². The maximum absolute atomic E-state index is 12.6. The number of nitrogens with two attached hydrogens (primary N) is 1. The SMILES string of the molecule is NC(=O)c1cccc(CNC(=O)NCc2cccc(C(F)(F)F)c2)c1. The molecule has 132 valence electrons. The highest BCUT2D eigenvalue weighted by atomic mass is 19.4. The summed E-state index contributed by atoms with van der Waals surface area (Å²) >= 11 is 0. The molecule has 8 heteroatoms. The molecular weight excluding hydrogens is 335 g/mol. The maximum Gasteiger partial charge on any atom is 0.416 e. The van der Waals surface area contributed by atoms with Crippen LogP contribution in [0, 0.1) is 0 Å². The quantitative estimate of drug-likeness (QED) is 0.774. The number of alkyl halides is 3.